The Morgan fingerprint density at radius 1 is 0.977 bits per heavy atom. The van der Waals surface area contributed by atoms with Gasteiger partial charge in [0, 0.05) is 42.3 Å². The summed E-state index contributed by atoms with van der Waals surface area (Å²) in [5.41, 5.74) is 6.63. The number of benzene rings is 1. The number of hydrogen-bond acceptors (Lipinski definition) is 9. The molecule has 44 heavy (non-hydrogen) atoms. The zero-order chi connectivity index (χ0) is 32.7. The molecule has 4 aromatic rings. The molecule has 0 aliphatic carbocycles. The van der Waals surface area contributed by atoms with Gasteiger partial charge in [0.05, 0.1) is 10.9 Å². The van der Waals surface area contributed by atoms with Gasteiger partial charge in [-0.05, 0) is 35.9 Å². The molecule has 6 N–H and O–H groups in total. The molecule has 0 radical (unpaired) electrons. The number of pyridine rings is 2. The number of aliphatic carboxylic acids is 2. The number of nitrogens with two attached hydrogens (primary N) is 1. The molecule has 3 heterocycles. The second kappa shape index (κ2) is 13.8. The van der Waals surface area contributed by atoms with Crippen LogP contribution in [0.5, 0.6) is 0 Å². The van der Waals surface area contributed by atoms with Crippen LogP contribution in [0.2, 0.25) is 0 Å². The minimum absolute atomic E-state index is 0.0245. The third-order valence-electron chi connectivity index (χ3n) is 5.67. The predicted molar refractivity (Wildman–Crippen MR) is 146 cm³/mol. The Hall–Kier alpha value is -5.20. The fourth-order valence-corrected chi connectivity index (χ4v) is 4.72. The number of fused-ring (bicyclic) bond motifs is 1. The third kappa shape index (κ3) is 8.66. The first-order chi connectivity index (χ1) is 20.6. The number of rotatable bonds is 9. The van der Waals surface area contributed by atoms with Crippen LogP contribution in [0.3, 0.4) is 0 Å². The first-order valence-corrected chi connectivity index (χ1v) is 13.7. The lowest BCUT2D eigenvalue weighted by Gasteiger charge is -2.16. The average Bonchev–Trinajstić information content (AvgIpc) is 2.99. The number of aromatic nitrogens is 3. The molecule has 14 nitrogen and oxygen atoms in total. The number of nitrogens with zero attached hydrogens (tertiary/aromatic N) is 3. The van der Waals surface area contributed by atoms with Crippen LogP contribution < -0.4 is 21.3 Å². The molecule has 18 heteroatoms. The Balaban J connectivity index is 0.000000676. The normalized spacial score (nSPS) is 12.8. The van der Waals surface area contributed by atoms with Crippen molar-refractivity contribution < 1.29 is 46.2 Å². The van der Waals surface area contributed by atoms with E-state index >= 15 is 0 Å². The van der Waals surface area contributed by atoms with E-state index in [4.69, 9.17) is 15.6 Å². The number of carbonyl (C=O) groups is 3. The molecule has 0 saturated heterocycles. The van der Waals surface area contributed by atoms with Gasteiger partial charge in [0.15, 0.2) is 0 Å². The molecule has 3 aromatic heterocycles. The fraction of sp³-hybridized carbons (Fsp3) is 0.154. The van der Waals surface area contributed by atoms with Gasteiger partial charge in [-0.1, -0.05) is 24.3 Å². The first-order valence-electron chi connectivity index (χ1n) is 12.2. The maximum Gasteiger partial charge on any atom is 0.490 e. The van der Waals surface area contributed by atoms with Crippen molar-refractivity contribution in [3.63, 3.8) is 0 Å². The molecule has 4 rings (SSSR count). The van der Waals surface area contributed by atoms with E-state index in [-0.39, 0.29) is 10.5 Å². The monoisotopic (exact) mass is 636 g/mol. The number of sulfonamides is 1. The van der Waals surface area contributed by atoms with Crippen molar-refractivity contribution in [1.29, 1.82) is 0 Å². The van der Waals surface area contributed by atoms with Crippen LogP contribution in [0.15, 0.2) is 88.9 Å². The highest BCUT2D eigenvalue weighted by atomic mass is 32.2. The van der Waals surface area contributed by atoms with Gasteiger partial charge in [0.25, 0.3) is 11.5 Å². The molecule has 0 aliphatic heterocycles. The zero-order valence-electron chi connectivity index (χ0n) is 22.2. The molecule has 0 fully saturated rings. The summed E-state index contributed by atoms with van der Waals surface area (Å²) < 4.78 is 60.0. The lowest BCUT2D eigenvalue weighted by Crippen LogP contribution is -2.48. The number of halogens is 3. The largest absolute Gasteiger partial charge is 0.490 e. The number of carboxylic acids is 2. The molecule has 0 saturated carbocycles. The zero-order valence-corrected chi connectivity index (χ0v) is 23.0. The minimum Gasteiger partial charge on any atom is -0.480 e. The van der Waals surface area contributed by atoms with Crippen LogP contribution >= 0.6 is 0 Å². The van der Waals surface area contributed by atoms with Crippen molar-refractivity contribution in [2.45, 2.75) is 23.2 Å². The van der Waals surface area contributed by atoms with E-state index in [2.05, 4.69) is 20.0 Å². The Bertz CT molecular complexity index is 1820. The molecule has 0 aliphatic rings. The molecule has 0 bridgehead atoms. The van der Waals surface area contributed by atoms with Crippen molar-refractivity contribution in [3.05, 3.63) is 107 Å². The lowest BCUT2D eigenvalue weighted by atomic mass is 10.1. The van der Waals surface area contributed by atoms with Crippen molar-refractivity contribution in [3.8, 4) is 0 Å². The van der Waals surface area contributed by atoms with E-state index in [0.717, 1.165) is 6.07 Å². The Morgan fingerprint density at radius 3 is 2.16 bits per heavy atom. The Morgan fingerprint density at radius 2 is 1.59 bits per heavy atom. The summed E-state index contributed by atoms with van der Waals surface area (Å²) >= 11 is 0. The Kier molecular flexibility index (Phi) is 10.5. The summed E-state index contributed by atoms with van der Waals surface area (Å²) in [6, 6.07) is 12.4. The first kappa shape index (κ1) is 33.3. The van der Waals surface area contributed by atoms with E-state index < -0.39 is 58.2 Å². The molecular weight excluding hydrogens is 613 g/mol. The lowest BCUT2D eigenvalue weighted by molar-refractivity contribution is -0.192. The van der Waals surface area contributed by atoms with Crippen LogP contribution in [0.4, 0.5) is 13.2 Å². The highest BCUT2D eigenvalue weighted by molar-refractivity contribution is 7.89. The number of alkyl halides is 3. The smallest absolute Gasteiger partial charge is 0.480 e. The summed E-state index contributed by atoms with van der Waals surface area (Å²) in [7, 11) is -4.14. The van der Waals surface area contributed by atoms with Gasteiger partial charge < -0.3 is 21.3 Å². The third-order valence-corrected chi connectivity index (χ3v) is 7.15. The van der Waals surface area contributed by atoms with Gasteiger partial charge in [-0.25, -0.2) is 23.2 Å². The maximum absolute atomic E-state index is 12.7. The summed E-state index contributed by atoms with van der Waals surface area (Å²) in [5.74, 6) is -4.61. The SMILES string of the molecule is NC(c1ccc2cc(C(=O)NC[C@H](NS(=O)(=O)c3ccccc3)C(=O)O)cc(=O)n2c1)c1ncccn1.O=C(O)C(F)(F)F. The van der Waals surface area contributed by atoms with Crippen LogP contribution in [-0.2, 0) is 19.6 Å². The van der Waals surface area contributed by atoms with E-state index in [9.17, 15) is 41.1 Å². The number of amides is 1. The summed E-state index contributed by atoms with van der Waals surface area (Å²) in [4.78, 5) is 54.1. The molecule has 2 atom stereocenters. The number of nitrogens with one attached hydrogen (secondary N) is 2. The molecule has 1 unspecified atom stereocenters. The van der Waals surface area contributed by atoms with Gasteiger partial charge >= 0.3 is 18.1 Å². The summed E-state index contributed by atoms with van der Waals surface area (Å²) in [5, 5.41) is 18.9. The molecular formula is C26H23F3N6O8S. The highest BCUT2D eigenvalue weighted by Crippen LogP contribution is 2.17. The van der Waals surface area contributed by atoms with Crippen molar-refractivity contribution in [1.82, 2.24) is 24.4 Å². The van der Waals surface area contributed by atoms with Crippen molar-refractivity contribution in [2.75, 3.05) is 6.54 Å². The van der Waals surface area contributed by atoms with Gasteiger partial charge in [-0.2, -0.15) is 17.9 Å². The second-order valence-electron chi connectivity index (χ2n) is 8.76. The highest BCUT2D eigenvalue weighted by Gasteiger charge is 2.38. The number of carbonyl (C=O) groups excluding carboxylic acids is 1. The maximum atomic E-state index is 12.7. The van der Waals surface area contributed by atoms with Crippen LogP contribution in [0, 0.1) is 0 Å². The van der Waals surface area contributed by atoms with Crippen molar-refractivity contribution in [2.24, 2.45) is 5.73 Å². The van der Waals surface area contributed by atoms with Crippen LogP contribution in [-0.4, -0.2) is 69.6 Å². The summed E-state index contributed by atoms with van der Waals surface area (Å²) in [6.45, 7) is -0.551. The minimum atomic E-state index is -5.08. The number of carboxylic acid groups (broad SMARTS) is 2. The molecule has 0 spiro atoms. The fourth-order valence-electron chi connectivity index (χ4n) is 3.51. The second-order valence-corrected chi connectivity index (χ2v) is 10.5. The van der Waals surface area contributed by atoms with Crippen LogP contribution in [0.1, 0.15) is 27.8 Å². The summed E-state index contributed by atoms with van der Waals surface area (Å²) in [6.07, 6.45) is -0.442. The average molecular weight is 637 g/mol. The van der Waals surface area contributed by atoms with Gasteiger partial charge in [0.1, 0.15) is 11.9 Å². The van der Waals surface area contributed by atoms with Crippen molar-refractivity contribution >= 4 is 33.4 Å². The van der Waals surface area contributed by atoms with Gasteiger partial charge in [-0.15, -0.1) is 0 Å². The number of hydrogen-bond donors (Lipinski definition) is 5. The van der Waals surface area contributed by atoms with Gasteiger partial charge in [-0.3, -0.25) is 18.8 Å². The standard InChI is InChI=1S/C24H22N6O6S.C2HF3O2/c25-21(22-26-9-4-10-27-22)15-7-8-17-11-16(12-20(31)30(17)14-15)23(32)28-13-19(24(33)34)29-37(35,36)18-5-2-1-3-6-18;3-2(4,5)1(6)7/h1-12,14,19,21,29H,13,25H2,(H,28,32)(H,33,34);(H,6,7)/t19-,21?;/m0./s1. The van der Waals surface area contributed by atoms with Crippen LogP contribution in [0.25, 0.3) is 5.52 Å². The topological polar surface area (TPSA) is 223 Å². The Labute approximate surface area is 246 Å². The van der Waals surface area contributed by atoms with E-state index in [1.807, 2.05) is 0 Å². The molecule has 1 amide bonds. The predicted octanol–water partition coefficient (Wildman–Crippen LogP) is 0.932. The molecule has 1 aromatic carbocycles. The van der Waals surface area contributed by atoms with Gasteiger partial charge in [0.2, 0.25) is 10.0 Å². The molecule has 232 valence electrons. The van der Waals surface area contributed by atoms with E-state index in [1.165, 1.54) is 40.9 Å². The van der Waals surface area contributed by atoms with E-state index in [0.29, 0.717) is 16.9 Å². The quantitative estimate of drug-likeness (QED) is 0.174. The van der Waals surface area contributed by atoms with E-state index in [1.54, 1.807) is 36.7 Å².